The molecule has 3 rings (SSSR count). The highest BCUT2D eigenvalue weighted by Crippen LogP contribution is 2.24. The third-order valence-electron chi connectivity index (χ3n) is 2.31. The molecule has 2 heterocycles. The van der Waals surface area contributed by atoms with Crippen LogP contribution in [0.5, 0.6) is 0 Å². The zero-order chi connectivity index (χ0) is 13.1. The van der Waals surface area contributed by atoms with Crippen LogP contribution in [0.25, 0.3) is 11.5 Å². The maximum absolute atomic E-state index is 5.55. The number of nitrogens with zero attached hydrogens (tertiary/aromatic N) is 4. The topological polar surface area (TPSA) is 77.8 Å². The van der Waals surface area contributed by atoms with E-state index in [0.29, 0.717) is 28.6 Å². The summed E-state index contributed by atoms with van der Waals surface area (Å²) in [7, 11) is 0. The zero-order valence-corrected chi connectivity index (χ0v) is 10.9. The average Bonchev–Trinajstić information content (AvgIpc) is 3.06. The quantitative estimate of drug-likeness (QED) is 0.677. The van der Waals surface area contributed by atoms with Crippen molar-refractivity contribution in [2.45, 2.75) is 17.9 Å². The van der Waals surface area contributed by atoms with Gasteiger partial charge in [-0.05, 0) is 12.1 Å². The Hall–Kier alpha value is -2.15. The van der Waals surface area contributed by atoms with Gasteiger partial charge in [-0.25, -0.2) is 0 Å². The smallest absolute Gasteiger partial charge is 0.277 e. The third kappa shape index (κ3) is 2.82. The van der Waals surface area contributed by atoms with Crippen molar-refractivity contribution < 1.29 is 8.83 Å². The lowest BCUT2D eigenvalue weighted by Gasteiger charge is -1.92. The zero-order valence-electron chi connectivity index (χ0n) is 10.1. The van der Waals surface area contributed by atoms with Gasteiger partial charge < -0.3 is 8.83 Å². The highest BCUT2D eigenvalue weighted by molar-refractivity contribution is 7.98. The molecule has 0 amide bonds. The van der Waals surface area contributed by atoms with Crippen molar-refractivity contribution in [1.82, 2.24) is 20.4 Å². The number of rotatable bonds is 4. The van der Waals surface area contributed by atoms with Crippen molar-refractivity contribution in [3.63, 3.8) is 0 Å². The van der Waals surface area contributed by atoms with E-state index >= 15 is 0 Å². The van der Waals surface area contributed by atoms with Crippen molar-refractivity contribution in [3.8, 4) is 11.5 Å². The van der Waals surface area contributed by atoms with Gasteiger partial charge in [0.1, 0.15) is 0 Å². The van der Waals surface area contributed by atoms with Crippen LogP contribution in [-0.2, 0) is 5.75 Å². The number of hydrogen-bond donors (Lipinski definition) is 0. The SMILES string of the molecule is Cc1nnc(CSc2nnc(-c3ccccc3)o2)o1. The van der Waals surface area contributed by atoms with E-state index in [1.165, 1.54) is 11.8 Å². The molecule has 0 radical (unpaired) electrons. The number of benzene rings is 1. The van der Waals surface area contributed by atoms with Gasteiger partial charge in [-0.15, -0.1) is 20.4 Å². The van der Waals surface area contributed by atoms with Crippen LogP contribution in [0.15, 0.2) is 44.4 Å². The van der Waals surface area contributed by atoms with E-state index in [4.69, 9.17) is 8.83 Å². The normalized spacial score (nSPS) is 10.8. The predicted octanol–water partition coefficient (Wildman–Crippen LogP) is 2.72. The molecule has 7 heteroatoms. The minimum Gasteiger partial charge on any atom is -0.425 e. The summed E-state index contributed by atoms with van der Waals surface area (Å²) < 4.78 is 10.8. The van der Waals surface area contributed by atoms with Crippen molar-refractivity contribution >= 4 is 11.8 Å². The molecule has 0 unspecified atom stereocenters. The van der Waals surface area contributed by atoms with Gasteiger partial charge in [0.25, 0.3) is 5.22 Å². The van der Waals surface area contributed by atoms with Gasteiger partial charge in [-0.2, -0.15) is 0 Å². The van der Waals surface area contributed by atoms with Crippen molar-refractivity contribution in [1.29, 1.82) is 0 Å². The molecule has 19 heavy (non-hydrogen) atoms. The Kier molecular flexibility index (Phi) is 3.28. The lowest BCUT2D eigenvalue weighted by Crippen LogP contribution is -1.80. The molecular weight excluding hydrogens is 264 g/mol. The van der Waals surface area contributed by atoms with Crippen molar-refractivity contribution in [2.75, 3.05) is 0 Å². The molecule has 2 aromatic heterocycles. The Morgan fingerprint density at radius 3 is 2.58 bits per heavy atom. The molecule has 96 valence electrons. The molecule has 0 N–H and O–H groups in total. The van der Waals surface area contributed by atoms with Crippen LogP contribution < -0.4 is 0 Å². The Balaban J connectivity index is 1.68. The van der Waals surface area contributed by atoms with E-state index < -0.39 is 0 Å². The molecule has 0 bridgehead atoms. The Labute approximate surface area is 113 Å². The van der Waals surface area contributed by atoms with Gasteiger partial charge in [-0.3, -0.25) is 0 Å². The lowest BCUT2D eigenvalue weighted by atomic mass is 10.2. The first kappa shape index (κ1) is 11.9. The van der Waals surface area contributed by atoms with E-state index in [2.05, 4.69) is 20.4 Å². The molecule has 0 atom stereocenters. The van der Waals surface area contributed by atoms with Gasteiger partial charge in [0.05, 0.1) is 5.75 Å². The first-order valence-electron chi connectivity index (χ1n) is 5.62. The summed E-state index contributed by atoms with van der Waals surface area (Å²) in [4.78, 5) is 0. The molecule has 1 aromatic carbocycles. The van der Waals surface area contributed by atoms with Gasteiger partial charge in [0, 0.05) is 12.5 Å². The average molecular weight is 274 g/mol. The van der Waals surface area contributed by atoms with Gasteiger partial charge in [0.2, 0.25) is 17.7 Å². The molecule has 0 fully saturated rings. The monoisotopic (exact) mass is 274 g/mol. The molecule has 0 saturated heterocycles. The molecular formula is C12H10N4O2S. The largest absolute Gasteiger partial charge is 0.425 e. The van der Waals surface area contributed by atoms with Gasteiger partial charge >= 0.3 is 0 Å². The number of aryl methyl sites for hydroxylation is 1. The van der Waals surface area contributed by atoms with Crippen molar-refractivity contribution in [3.05, 3.63) is 42.1 Å². The second-order valence-electron chi connectivity index (χ2n) is 3.74. The first-order valence-corrected chi connectivity index (χ1v) is 6.60. The second kappa shape index (κ2) is 5.23. The van der Waals surface area contributed by atoms with Crippen LogP contribution in [0.2, 0.25) is 0 Å². The van der Waals surface area contributed by atoms with E-state index in [1.54, 1.807) is 6.92 Å². The fourth-order valence-electron chi connectivity index (χ4n) is 1.48. The fourth-order valence-corrected chi connectivity index (χ4v) is 2.08. The Bertz CT molecular complexity index is 665. The lowest BCUT2D eigenvalue weighted by molar-refractivity contribution is 0.462. The molecule has 0 aliphatic rings. The summed E-state index contributed by atoms with van der Waals surface area (Å²) in [5.74, 6) is 2.11. The molecule has 0 spiro atoms. The summed E-state index contributed by atoms with van der Waals surface area (Å²) in [6.45, 7) is 1.75. The predicted molar refractivity (Wildman–Crippen MR) is 68.3 cm³/mol. The van der Waals surface area contributed by atoms with Crippen LogP contribution in [0.1, 0.15) is 11.8 Å². The summed E-state index contributed by atoms with van der Waals surface area (Å²) in [5.41, 5.74) is 0.899. The number of aromatic nitrogens is 4. The number of thioether (sulfide) groups is 1. The third-order valence-corrected chi connectivity index (χ3v) is 3.12. The number of hydrogen-bond acceptors (Lipinski definition) is 7. The maximum atomic E-state index is 5.55. The Morgan fingerprint density at radius 2 is 1.84 bits per heavy atom. The molecule has 0 aliphatic heterocycles. The van der Waals surface area contributed by atoms with Crippen LogP contribution in [0.4, 0.5) is 0 Å². The summed E-state index contributed by atoms with van der Waals surface area (Å²) >= 11 is 1.37. The summed E-state index contributed by atoms with van der Waals surface area (Å²) in [6.07, 6.45) is 0. The van der Waals surface area contributed by atoms with Gasteiger partial charge in [-0.1, -0.05) is 30.0 Å². The summed E-state index contributed by atoms with van der Waals surface area (Å²) in [6, 6.07) is 9.63. The molecule has 0 aliphatic carbocycles. The molecule has 0 saturated carbocycles. The highest BCUT2D eigenvalue weighted by Gasteiger charge is 2.10. The van der Waals surface area contributed by atoms with Gasteiger partial charge in [0.15, 0.2) is 0 Å². The van der Waals surface area contributed by atoms with Crippen LogP contribution in [0, 0.1) is 6.92 Å². The van der Waals surface area contributed by atoms with E-state index in [1.807, 2.05) is 30.3 Å². The molecule has 6 nitrogen and oxygen atoms in total. The van der Waals surface area contributed by atoms with E-state index in [9.17, 15) is 0 Å². The minimum atomic E-state index is 0.481. The highest BCUT2D eigenvalue weighted by atomic mass is 32.2. The Morgan fingerprint density at radius 1 is 1.00 bits per heavy atom. The van der Waals surface area contributed by atoms with Crippen LogP contribution >= 0.6 is 11.8 Å². The minimum absolute atomic E-state index is 0.481. The van der Waals surface area contributed by atoms with E-state index in [0.717, 1.165) is 5.56 Å². The van der Waals surface area contributed by atoms with Crippen LogP contribution in [0.3, 0.4) is 0 Å². The maximum Gasteiger partial charge on any atom is 0.277 e. The first-order chi connectivity index (χ1) is 9.31. The summed E-state index contributed by atoms with van der Waals surface area (Å²) in [5, 5.41) is 16.1. The van der Waals surface area contributed by atoms with Crippen molar-refractivity contribution in [2.24, 2.45) is 0 Å². The molecule has 3 aromatic rings. The van der Waals surface area contributed by atoms with E-state index in [-0.39, 0.29) is 0 Å². The second-order valence-corrected chi connectivity index (χ2v) is 4.67. The standard InChI is InChI=1S/C12H10N4O2S/c1-8-13-14-10(17-8)7-19-12-16-15-11(18-12)9-5-3-2-4-6-9/h2-6H,7H2,1H3. The van der Waals surface area contributed by atoms with Crippen LogP contribution in [-0.4, -0.2) is 20.4 Å². The fraction of sp³-hybridized carbons (Fsp3) is 0.167.